The van der Waals surface area contributed by atoms with Crippen molar-refractivity contribution in [1.82, 2.24) is 20.0 Å². The van der Waals surface area contributed by atoms with E-state index in [1.807, 2.05) is 37.8 Å². The molecule has 3 aromatic rings. The first-order chi connectivity index (χ1) is 15.3. The summed E-state index contributed by atoms with van der Waals surface area (Å²) in [5.74, 6) is 0.402. The number of aryl methyl sites for hydroxylation is 1. The molecule has 0 radical (unpaired) electrons. The lowest BCUT2D eigenvalue weighted by Crippen LogP contribution is -2.43. The van der Waals surface area contributed by atoms with Crippen LogP contribution < -0.4 is 10.1 Å². The zero-order chi connectivity index (χ0) is 22.8. The summed E-state index contributed by atoms with van der Waals surface area (Å²) in [7, 11) is 0. The number of carbonyl (C=O) groups excluding carboxylic acids is 1. The summed E-state index contributed by atoms with van der Waals surface area (Å²) in [6.45, 7) is 6.09. The van der Waals surface area contributed by atoms with E-state index in [1.54, 1.807) is 28.9 Å². The van der Waals surface area contributed by atoms with Gasteiger partial charge in [0.1, 0.15) is 11.6 Å². The smallest absolute Gasteiger partial charge is 0.318 e. The summed E-state index contributed by atoms with van der Waals surface area (Å²) in [5.41, 5.74) is 2.25. The minimum absolute atomic E-state index is 0.0321. The number of urea groups is 1. The Morgan fingerprint density at radius 3 is 2.62 bits per heavy atom. The predicted octanol–water partition coefficient (Wildman–Crippen LogP) is 5.85. The second-order valence-corrected chi connectivity index (χ2v) is 8.72. The van der Waals surface area contributed by atoms with Gasteiger partial charge in [0.05, 0.1) is 23.5 Å². The van der Waals surface area contributed by atoms with Crippen LogP contribution in [0.25, 0.3) is 5.69 Å². The monoisotopic (exact) mass is 456 g/mol. The van der Waals surface area contributed by atoms with Crippen molar-refractivity contribution in [3.8, 4) is 17.3 Å². The maximum atomic E-state index is 13.8. The Morgan fingerprint density at radius 2 is 2.00 bits per heavy atom. The molecule has 1 aromatic heterocycles. The fraction of sp³-hybridized carbons (Fsp3) is 0.333. The highest BCUT2D eigenvalue weighted by molar-refractivity contribution is 6.30. The molecule has 0 bridgehead atoms. The molecular weight excluding hydrogens is 431 g/mol. The molecule has 0 unspecified atom stereocenters. The second-order valence-electron chi connectivity index (χ2n) is 8.28. The van der Waals surface area contributed by atoms with Crippen LogP contribution in [-0.2, 0) is 6.54 Å². The molecule has 2 aromatic carbocycles. The summed E-state index contributed by atoms with van der Waals surface area (Å²) in [6, 6.07) is 13.3. The highest BCUT2D eigenvalue weighted by Crippen LogP contribution is 2.35. The molecule has 32 heavy (non-hydrogen) atoms. The van der Waals surface area contributed by atoms with Crippen LogP contribution >= 0.6 is 11.6 Å². The third-order valence-corrected chi connectivity index (χ3v) is 5.46. The van der Waals surface area contributed by atoms with Gasteiger partial charge in [-0.25, -0.2) is 13.9 Å². The SMILES string of the molecule is Cc1nn(-c2ccc(Cl)cc2)c(Oc2cccc(F)c2)c1CN(C(=O)NC(C)C)C1CC1. The van der Waals surface area contributed by atoms with Crippen LogP contribution in [0.5, 0.6) is 11.6 Å². The zero-order valence-corrected chi connectivity index (χ0v) is 19.1. The maximum absolute atomic E-state index is 13.8. The number of aromatic nitrogens is 2. The van der Waals surface area contributed by atoms with E-state index in [0.29, 0.717) is 23.2 Å². The largest absolute Gasteiger partial charge is 0.438 e. The van der Waals surface area contributed by atoms with Gasteiger partial charge >= 0.3 is 6.03 Å². The summed E-state index contributed by atoms with van der Waals surface area (Å²) >= 11 is 6.06. The minimum Gasteiger partial charge on any atom is -0.438 e. The van der Waals surface area contributed by atoms with Gasteiger partial charge in [0, 0.05) is 23.2 Å². The van der Waals surface area contributed by atoms with Gasteiger partial charge in [-0.1, -0.05) is 17.7 Å². The van der Waals surface area contributed by atoms with Crippen LogP contribution in [0.15, 0.2) is 48.5 Å². The molecule has 1 saturated carbocycles. The molecule has 0 saturated heterocycles. The number of hydrogen-bond acceptors (Lipinski definition) is 3. The van der Waals surface area contributed by atoms with Crippen LogP contribution in [-0.4, -0.2) is 32.8 Å². The van der Waals surface area contributed by atoms with Crippen molar-refractivity contribution < 1.29 is 13.9 Å². The lowest BCUT2D eigenvalue weighted by Gasteiger charge is -2.24. The van der Waals surface area contributed by atoms with Gasteiger partial charge in [-0.2, -0.15) is 5.10 Å². The Morgan fingerprint density at radius 1 is 1.28 bits per heavy atom. The lowest BCUT2D eigenvalue weighted by molar-refractivity contribution is 0.189. The standard InChI is InChI=1S/C24H26ClFN4O2/c1-15(2)27-24(31)29(19-11-12-19)14-22-16(3)28-30(20-9-7-17(25)8-10-20)23(22)32-21-6-4-5-18(26)13-21/h4-10,13,15,19H,11-12,14H2,1-3H3,(H,27,31). The molecule has 4 rings (SSSR count). The molecule has 8 heteroatoms. The van der Waals surface area contributed by atoms with E-state index in [4.69, 9.17) is 16.3 Å². The van der Waals surface area contributed by atoms with E-state index >= 15 is 0 Å². The van der Waals surface area contributed by atoms with Gasteiger partial charge < -0.3 is 15.0 Å². The Bertz CT molecular complexity index is 1110. The van der Waals surface area contributed by atoms with Crippen molar-refractivity contribution in [3.63, 3.8) is 0 Å². The van der Waals surface area contributed by atoms with Crippen molar-refractivity contribution >= 4 is 17.6 Å². The van der Waals surface area contributed by atoms with Crippen molar-refractivity contribution in [2.75, 3.05) is 0 Å². The van der Waals surface area contributed by atoms with Gasteiger partial charge in [-0.15, -0.1) is 0 Å². The Kier molecular flexibility index (Phi) is 6.37. The number of benzene rings is 2. The van der Waals surface area contributed by atoms with Crippen molar-refractivity contribution in [3.05, 3.63) is 70.6 Å². The van der Waals surface area contributed by atoms with Crippen LogP contribution in [0.3, 0.4) is 0 Å². The van der Waals surface area contributed by atoms with Crippen molar-refractivity contribution in [2.45, 2.75) is 52.2 Å². The number of rotatable bonds is 7. The summed E-state index contributed by atoms with van der Waals surface area (Å²) in [5, 5.41) is 8.27. The second kappa shape index (κ2) is 9.20. The highest BCUT2D eigenvalue weighted by atomic mass is 35.5. The quantitative estimate of drug-likeness (QED) is 0.485. The molecule has 1 aliphatic rings. The molecule has 1 aliphatic carbocycles. The van der Waals surface area contributed by atoms with Crippen molar-refractivity contribution in [2.24, 2.45) is 0 Å². The maximum Gasteiger partial charge on any atom is 0.318 e. The predicted molar refractivity (Wildman–Crippen MR) is 122 cm³/mol. The average molecular weight is 457 g/mol. The number of hydrogen-bond donors (Lipinski definition) is 1. The van der Waals surface area contributed by atoms with Crippen LogP contribution in [0.4, 0.5) is 9.18 Å². The molecule has 0 atom stereocenters. The van der Waals surface area contributed by atoms with E-state index in [1.165, 1.54) is 12.1 Å². The van der Waals surface area contributed by atoms with Crippen LogP contribution in [0.1, 0.15) is 37.9 Å². The third-order valence-electron chi connectivity index (χ3n) is 5.21. The molecule has 6 nitrogen and oxygen atoms in total. The number of nitrogens with zero attached hydrogens (tertiary/aromatic N) is 3. The fourth-order valence-electron chi connectivity index (χ4n) is 3.48. The highest BCUT2D eigenvalue weighted by Gasteiger charge is 2.35. The number of amides is 2. The van der Waals surface area contributed by atoms with E-state index in [2.05, 4.69) is 10.4 Å². The van der Waals surface area contributed by atoms with E-state index < -0.39 is 5.82 Å². The van der Waals surface area contributed by atoms with Gasteiger partial charge in [0.25, 0.3) is 0 Å². The number of halogens is 2. The Hall–Kier alpha value is -3.06. The molecule has 168 valence electrons. The summed E-state index contributed by atoms with van der Waals surface area (Å²) in [6.07, 6.45) is 1.94. The van der Waals surface area contributed by atoms with Gasteiger partial charge in [0.15, 0.2) is 0 Å². The third kappa shape index (κ3) is 5.05. The molecule has 1 heterocycles. The summed E-state index contributed by atoms with van der Waals surface area (Å²) < 4.78 is 21.6. The first kappa shape index (κ1) is 22.1. The molecule has 1 fully saturated rings. The topological polar surface area (TPSA) is 59.4 Å². The summed E-state index contributed by atoms with van der Waals surface area (Å²) in [4.78, 5) is 14.7. The van der Waals surface area contributed by atoms with E-state index in [9.17, 15) is 9.18 Å². The van der Waals surface area contributed by atoms with Gasteiger partial charge in [-0.05, 0) is 70.0 Å². The molecule has 1 N–H and O–H groups in total. The molecule has 0 aliphatic heterocycles. The molecular formula is C24H26ClFN4O2. The molecule has 2 amide bonds. The number of nitrogens with one attached hydrogen (secondary N) is 1. The zero-order valence-electron chi connectivity index (χ0n) is 18.3. The van der Waals surface area contributed by atoms with Crippen LogP contribution in [0.2, 0.25) is 5.02 Å². The van der Waals surface area contributed by atoms with E-state index in [0.717, 1.165) is 29.8 Å². The lowest BCUT2D eigenvalue weighted by atomic mass is 10.2. The molecule has 0 spiro atoms. The van der Waals surface area contributed by atoms with Gasteiger partial charge in [-0.3, -0.25) is 0 Å². The van der Waals surface area contributed by atoms with Gasteiger partial charge in [0.2, 0.25) is 5.88 Å². The first-order valence-corrected chi connectivity index (χ1v) is 11.0. The first-order valence-electron chi connectivity index (χ1n) is 10.7. The Labute approximate surface area is 191 Å². The fourth-order valence-corrected chi connectivity index (χ4v) is 3.60. The number of ether oxygens (including phenoxy) is 1. The van der Waals surface area contributed by atoms with Crippen molar-refractivity contribution in [1.29, 1.82) is 0 Å². The minimum atomic E-state index is -0.394. The number of carbonyl (C=O) groups is 1. The normalized spacial score (nSPS) is 13.3. The average Bonchev–Trinajstić information content (AvgIpc) is 3.52. The van der Waals surface area contributed by atoms with Crippen LogP contribution in [0, 0.1) is 12.7 Å². The van der Waals surface area contributed by atoms with E-state index in [-0.39, 0.29) is 18.1 Å². The Balaban J connectivity index is 1.75.